The van der Waals surface area contributed by atoms with Crippen molar-refractivity contribution >= 4 is 12.9 Å². The predicted molar refractivity (Wildman–Crippen MR) is 58.9 cm³/mol. The van der Waals surface area contributed by atoms with Gasteiger partial charge in [-0.25, -0.2) is 4.79 Å². The maximum atomic E-state index is 12.4. The quantitative estimate of drug-likeness (QED) is 0.605. The minimum atomic E-state index is -5.02. The summed E-state index contributed by atoms with van der Waals surface area (Å²) < 4.78 is 37.1. The Morgan fingerprint density at radius 3 is 2.39 bits per heavy atom. The van der Waals surface area contributed by atoms with Crippen molar-refractivity contribution in [3.05, 3.63) is 34.4 Å². The Morgan fingerprint density at radius 2 is 2.00 bits per heavy atom. The number of halogens is 3. The van der Waals surface area contributed by atoms with Crippen LogP contribution in [0, 0.1) is 19.3 Å². The molecule has 2 nitrogen and oxygen atoms in total. The summed E-state index contributed by atoms with van der Waals surface area (Å²) in [6.45, 7) is -3.56. The Bertz CT molecular complexity index is 506. The molecule has 18 heavy (non-hydrogen) atoms. The molecule has 7 heteroatoms. The van der Waals surface area contributed by atoms with Gasteiger partial charge in [0.2, 0.25) is 0 Å². The molecule has 0 amide bonds. The minimum Gasteiger partial charge on any atom is -0.478 e. The number of rotatable bonds is 3. The van der Waals surface area contributed by atoms with Crippen molar-refractivity contribution in [3.63, 3.8) is 0 Å². The molecule has 0 aliphatic rings. The first-order valence-electron chi connectivity index (χ1n) is 4.79. The average molecular weight is 280 g/mol. The van der Waals surface area contributed by atoms with E-state index < -0.39 is 19.3 Å². The SMILES string of the molecule is C#Cc1cc(C(=O)O)cc(C[B-](F)(F)F)c1C.[K+]. The van der Waals surface area contributed by atoms with Gasteiger partial charge in [-0.1, -0.05) is 17.8 Å². The first kappa shape index (κ1) is 17.7. The summed E-state index contributed by atoms with van der Waals surface area (Å²) >= 11 is 0. The summed E-state index contributed by atoms with van der Waals surface area (Å²) in [4.78, 5) is 10.8. The van der Waals surface area contributed by atoms with E-state index >= 15 is 0 Å². The summed E-state index contributed by atoms with van der Waals surface area (Å²) in [7, 11) is 0. The van der Waals surface area contributed by atoms with Crippen molar-refractivity contribution in [2.45, 2.75) is 13.2 Å². The number of carboxylic acids is 1. The molecule has 1 rings (SSSR count). The Labute approximate surface area is 145 Å². The smallest absolute Gasteiger partial charge is 0.478 e. The summed E-state index contributed by atoms with van der Waals surface area (Å²) in [5, 5.41) is 8.77. The van der Waals surface area contributed by atoms with Crippen LogP contribution in [0.5, 0.6) is 0 Å². The largest absolute Gasteiger partial charge is 1.00 e. The molecule has 1 N–H and O–H groups in total. The fourth-order valence-electron chi connectivity index (χ4n) is 1.51. The van der Waals surface area contributed by atoms with E-state index in [-0.39, 0.29) is 68.1 Å². The van der Waals surface area contributed by atoms with Crippen LogP contribution in [0.3, 0.4) is 0 Å². The number of hydrogen-bond acceptors (Lipinski definition) is 1. The van der Waals surface area contributed by atoms with E-state index in [2.05, 4.69) is 5.92 Å². The Kier molecular flexibility index (Phi) is 6.68. The number of carbonyl (C=O) groups is 1. The van der Waals surface area contributed by atoms with Gasteiger partial charge in [-0.3, -0.25) is 0 Å². The Hall–Kier alpha value is -0.259. The molecular weight excluding hydrogens is 271 g/mol. The van der Waals surface area contributed by atoms with Crippen molar-refractivity contribution in [2.75, 3.05) is 0 Å². The van der Waals surface area contributed by atoms with E-state index in [0.717, 1.165) is 6.07 Å². The van der Waals surface area contributed by atoms with Gasteiger partial charge in [0.25, 0.3) is 0 Å². The molecule has 0 saturated carbocycles. The molecule has 0 spiro atoms. The minimum absolute atomic E-state index is 0. The fraction of sp³-hybridized carbons (Fsp3) is 0.182. The molecule has 0 aromatic heterocycles. The van der Waals surface area contributed by atoms with Gasteiger partial charge in [-0.05, 0) is 24.6 Å². The number of aromatic carboxylic acids is 1. The average Bonchev–Trinajstić information content (AvgIpc) is 2.18. The Morgan fingerprint density at radius 1 is 1.44 bits per heavy atom. The third kappa shape index (κ3) is 4.78. The van der Waals surface area contributed by atoms with Gasteiger partial charge in [0.05, 0.1) is 5.56 Å². The van der Waals surface area contributed by atoms with Gasteiger partial charge in [-0.15, -0.1) is 6.42 Å². The van der Waals surface area contributed by atoms with E-state index in [9.17, 15) is 17.7 Å². The van der Waals surface area contributed by atoms with Crippen LogP contribution in [0.4, 0.5) is 12.9 Å². The molecule has 0 aliphatic carbocycles. The fourth-order valence-corrected chi connectivity index (χ4v) is 1.51. The van der Waals surface area contributed by atoms with Crippen molar-refractivity contribution < 1.29 is 74.2 Å². The third-order valence-electron chi connectivity index (χ3n) is 2.37. The first-order chi connectivity index (χ1) is 7.74. The van der Waals surface area contributed by atoms with E-state index in [4.69, 9.17) is 11.5 Å². The molecule has 0 unspecified atom stereocenters. The van der Waals surface area contributed by atoms with Crippen molar-refractivity contribution in [1.29, 1.82) is 0 Å². The molecular formula is C11H9BF3KO2. The van der Waals surface area contributed by atoms with Crippen LogP contribution < -0.4 is 51.4 Å². The monoisotopic (exact) mass is 280 g/mol. The number of benzene rings is 1. The zero-order valence-corrected chi connectivity index (χ0v) is 13.1. The summed E-state index contributed by atoms with van der Waals surface area (Å²) in [6, 6.07) is 2.22. The molecule has 0 radical (unpaired) electrons. The zero-order chi connectivity index (χ0) is 13.2. The number of terminal acetylenes is 1. The van der Waals surface area contributed by atoms with Gasteiger partial charge in [0, 0.05) is 5.56 Å². The molecule has 0 fully saturated rings. The molecule has 0 atom stereocenters. The molecule has 0 saturated heterocycles. The zero-order valence-electron chi connectivity index (χ0n) is 10.0. The van der Waals surface area contributed by atoms with Gasteiger partial charge in [0.15, 0.2) is 0 Å². The van der Waals surface area contributed by atoms with Crippen molar-refractivity contribution in [2.24, 2.45) is 0 Å². The topological polar surface area (TPSA) is 37.3 Å². The van der Waals surface area contributed by atoms with E-state index in [1.165, 1.54) is 13.0 Å². The van der Waals surface area contributed by atoms with Crippen LogP contribution in [0.15, 0.2) is 12.1 Å². The maximum Gasteiger partial charge on any atom is 1.00 e. The normalized spacial score (nSPS) is 10.4. The molecule has 90 valence electrons. The molecule has 0 aliphatic heterocycles. The van der Waals surface area contributed by atoms with Gasteiger partial charge in [-0.2, -0.15) is 0 Å². The van der Waals surface area contributed by atoms with E-state index in [1.54, 1.807) is 0 Å². The molecule has 1 aromatic rings. The summed E-state index contributed by atoms with van der Waals surface area (Å²) in [5.41, 5.74) is 0.181. The van der Waals surface area contributed by atoms with Gasteiger partial charge in [0.1, 0.15) is 0 Å². The van der Waals surface area contributed by atoms with Gasteiger partial charge >= 0.3 is 64.3 Å². The second-order valence-corrected chi connectivity index (χ2v) is 3.67. The Balaban J connectivity index is 0.00000289. The maximum absolute atomic E-state index is 12.4. The second kappa shape index (κ2) is 6.78. The van der Waals surface area contributed by atoms with Crippen LogP contribution in [0.2, 0.25) is 0 Å². The summed E-state index contributed by atoms with van der Waals surface area (Å²) in [6.07, 6.45) is 4.01. The molecule has 0 heterocycles. The number of carboxylic acid groups (broad SMARTS) is 1. The van der Waals surface area contributed by atoms with Crippen LogP contribution in [-0.2, 0) is 6.32 Å². The standard InChI is InChI=1S/C11H9BF3O2.K/c1-3-8-4-9(11(16)17)5-10(7(8)2)6-12(13,14)15;/h1,4-5H,6H2,2H3,(H,16,17);/q-1;+1. The summed E-state index contributed by atoms with van der Waals surface area (Å²) in [5.74, 6) is 0.899. The number of hydrogen-bond donors (Lipinski definition) is 1. The van der Waals surface area contributed by atoms with E-state index in [1.807, 2.05) is 0 Å². The van der Waals surface area contributed by atoms with Crippen molar-refractivity contribution in [1.82, 2.24) is 0 Å². The van der Waals surface area contributed by atoms with Gasteiger partial charge < -0.3 is 18.1 Å². The van der Waals surface area contributed by atoms with Crippen LogP contribution in [-0.4, -0.2) is 18.1 Å². The van der Waals surface area contributed by atoms with Crippen LogP contribution in [0.1, 0.15) is 27.0 Å². The van der Waals surface area contributed by atoms with Crippen molar-refractivity contribution in [3.8, 4) is 12.3 Å². The molecule has 0 bridgehead atoms. The molecule has 1 aromatic carbocycles. The predicted octanol–water partition coefficient (Wildman–Crippen LogP) is -0.392. The first-order valence-corrected chi connectivity index (χ1v) is 4.79. The third-order valence-corrected chi connectivity index (χ3v) is 2.37. The second-order valence-electron chi connectivity index (χ2n) is 3.67. The van der Waals surface area contributed by atoms with Crippen LogP contribution in [0.25, 0.3) is 0 Å². The van der Waals surface area contributed by atoms with E-state index in [0.29, 0.717) is 5.56 Å². The van der Waals surface area contributed by atoms with Crippen LogP contribution >= 0.6 is 0 Å².